The van der Waals surface area contributed by atoms with Gasteiger partial charge < -0.3 is 21.7 Å². The van der Waals surface area contributed by atoms with Gasteiger partial charge in [-0.25, -0.2) is 0 Å². The highest BCUT2D eigenvalue weighted by molar-refractivity contribution is 5.79. The standard InChI is InChI=1S/C11H22N4O2/c1-8(16)14-6-9-2-4-15(5-3-9)7-10(12)11(13)17/h9-10H,2-7,12H2,1H3,(H2,13,17)(H,14,16). The monoisotopic (exact) mass is 242 g/mol. The van der Waals surface area contributed by atoms with Crippen LogP contribution in [0.15, 0.2) is 0 Å². The number of hydrogen-bond donors (Lipinski definition) is 3. The van der Waals surface area contributed by atoms with Gasteiger partial charge in [0.15, 0.2) is 0 Å². The second kappa shape index (κ2) is 6.56. The van der Waals surface area contributed by atoms with E-state index in [-0.39, 0.29) is 5.91 Å². The first kappa shape index (κ1) is 13.9. The van der Waals surface area contributed by atoms with Crippen LogP contribution in [-0.4, -0.2) is 48.9 Å². The maximum atomic E-state index is 10.8. The second-order valence-corrected chi connectivity index (χ2v) is 4.69. The van der Waals surface area contributed by atoms with Gasteiger partial charge in [0, 0.05) is 20.0 Å². The summed E-state index contributed by atoms with van der Waals surface area (Å²) in [6, 6.07) is -0.582. The van der Waals surface area contributed by atoms with Crippen LogP contribution in [0.25, 0.3) is 0 Å². The average Bonchev–Trinajstić information content (AvgIpc) is 2.28. The number of nitrogens with one attached hydrogen (secondary N) is 1. The lowest BCUT2D eigenvalue weighted by Gasteiger charge is -2.32. The lowest BCUT2D eigenvalue weighted by atomic mass is 9.96. The summed E-state index contributed by atoms with van der Waals surface area (Å²) in [7, 11) is 0. The number of carbonyl (C=O) groups is 2. The highest BCUT2D eigenvalue weighted by atomic mass is 16.1. The molecular formula is C11H22N4O2. The lowest BCUT2D eigenvalue weighted by molar-refractivity contribution is -0.120. The highest BCUT2D eigenvalue weighted by Crippen LogP contribution is 2.16. The van der Waals surface area contributed by atoms with E-state index in [9.17, 15) is 9.59 Å². The van der Waals surface area contributed by atoms with Gasteiger partial charge >= 0.3 is 0 Å². The molecule has 2 amide bonds. The fraction of sp³-hybridized carbons (Fsp3) is 0.818. The summed E-state index contributed by atoms with van der Waals surface area (Å²) in [6.07, 6.45) is 2.04. The van der Waals surface area contributed by atoms with Crippen molar-refractivity contribution in [2.24, 2.45) is 17.4 Å². The lowest BCUT2D eigenvalue weighted by Crippen LogP contribution is -2.48. The molecule has 0 saturated carbocycles. The third kappa shape index (κ3) is 5.14. The molecule has 5 N–H and O–H groups in total. The van der Waals surface area contributed by atoms with E-state index < -0.39 is 11.9 Å². The van der Waals surface area contributed by atoms with Crippen molar-refractivity contribution < 1.29 is 9.59 Å². The van der Waals surface area contributed by atoms with Crippen molar-refractivity contribution in [3.8, 4) is 0 Å². The second-order valence-electron chi connectivity index (χ2n) is 4.69. The Hall–Kier alpha value is -1.14. The predicted octanol–water partition coefficient (Wildman–Crippen LogP) is -1.35. The van der Waals surface area contributed by atoms with E-state index in [1.807, 2.05) is 0 Å². The van der Waals surface area contributed by atoms with E-state index >= 15 is 0 Å². The Morgan fingerprint density at radius 1 is 1.41 bits per heavy atom. The van der Waals surface area contributed by atoms with Crippen LogP contribution in [0.5, 0.6) is 0 Å². The van der Waals surface area contributed by atoms with Crippen LogP contribution in [0.2, 0.25) is 0 Å². The minimum Gasteiger partial charge on any atom is -0.368 e. The van der Waals surface area contributed by atoms with E-state index in [0.717, 1.165) is 32.5 Å². The van der Waals surface area contributed by atoms with Crippen LogP contribution >= 0.6 is 0 Å². The molecule has 0 radical (unpaired) electrons. The summed E-state index contributed by atoms with van der Waals surface area (Å²) >= 11 is 0. The molecule has 98 valence electrons. The summed E-state index contributed by atoms with van der Waals surface area (Å²) in [5.74, 6) is 0.0912. The molecule has 1 saturated heterocycles. The SMILES string of the molecule is CC(=O)NCC1CCN(CC(N)C(N)=O)CC1. The summed E-state index contributed by atoms with van der Waals surface area (Å²) < 4.78 is 0. The topological polar surface area (TPSA) is 101 Å². The first-order valence-corrected chi connectivity index (χ1v) is 6.00. The minimum absolute atomic E-state index is 0.0168. The van der Waals surface area contributed by atoms with Crippen molar-refractivity contribution in [1.29, 1.82) is 0 Å². The number of hydrogen-bond acceptors (Lipinski definition) is 4. The molecular weight excluding hydrogens is 220 g/mol. The molecule has 1 atom stereocenters. The molecule has 17 heavy (non-hydrogen) atoms. The normalized spacial score (nSPS) is 19.9. The number of nitrogens with two attached hydrogens (primary N) is 2. The molecule has 1 fully saturated rings. The predicted molar refractivity (Wildman–Crippen MR) is 65.0 cm³/mol. The number of amides is 2. The molecule has 0 aromatic heterocycles. The van der Waals surface area contributed by atoms with Crippen LogP contribution < -0.4 is 16.8 Å². The van der Waals surface area contributed by atoms with Crippen molar-refractivity contribution in [2.45, 2.75) is 25.8 Å². The van der Waals surface area contributed by atoms with Gasteiger partial charge in [-0.3, -0.25) is 9.59 Å². The average molecular weight is 242 g/mol. The van der Waals surface area contributed by atoms with Gasteiger partial charge in [-0.15, -0.1) is 0 Å². The van der Waals surface area contributed by atoms with E-state index in [4.69, 9.17) is 11.5 Å². The van der Waals surface area contributed by atoms with Crippen molar-refractivity contribution in [3.63, 3.8) is 0 Å². The van der Waals surface area contributed by atoms with Gasteiger partial charge in [0.05, 0.1) is 6.04 Å². The molecule has 1 rings (SSSR count). The van der Waals surface area contributed by atoms with Gasteiger partial charge in [0.1, 0.15) is 0 Å². The van der Waals surface area contributed by atoms with E-state index in [2.05, 4.69) is 10.2 Å². The van der Waals surface area contributed by atoms with Crippen molar-refractivity contribution >= 4 is 11.8 Å². The van der Waals surface area contributed by atoms with Gasteiger partial charge in [0.2, 0.25) is 11.8 Å². The smallest absolute Gasteiger partial charge is 0.235 e. The quantitative estimate of drug-likeness (QED) is 0.554. The zero-order valence-electron chi connectivity index (χ0n) is 10.3. The molecule has 0 aromatic rings. The molecule has 1 unspecified atom stereocenters. The van der Waals surface area contributed by atoms with Gasteiger partial charge in [-0.1, -0.05) is 0 Å². The Labute approximate surface area is 102 Å². The zero-order chi connectivity index (χ0) is 12.8. The van der Waals surface area contributed by atoms with E-state index in [1.54, 1.807) is 0 Å². The Balaban J connectivity index is 2.21. The van der Waals surface area contributed by atoms with Crippen LogP contribution in [0.3, 0.4) is 0 Å². The number of rotatable bonds is 5. The molecule has 0 spiro atoms. The molecule has 0 bridgehead atoms. The molecule has 0 aromatic carbocycles. The molecule has 1 aliphatic heterocycles. The van der Waals surface area contributed by atoms with Crippen molar-refractivity contribution in [3.05, 3.63) is 0 Å². The Kier molecular flexibility index (Phi) is 5.37. The number of nitrogens with zero attached hydrogens (tertiary/aromatic N) is 1. The minimum atomic E-state index is -0.582. The highest BCUT2D eigenvalue weighted by Gasteiger charge is 2.22. The Morgan fingerprint density at radius 2 is 2.00 bits per heavy atom. The zero-order valence-corrected chi connectivity index (χ0v) is 10.3. The number of carbonyl (C=O) groups excluding carboxylic acids is 2. The van der Waals surface area contributed by atoms with E-state index in [0.29, 0.717) is 12.5 Å². The van der Waals surface area contributed by atoms with Crippen molar-refractivity contribution in [1.82, 2.24) is 10.2 Å². The fourth-order valence-corrected chi connectivity index (χ4v) is 2.03. The summed E-state index contributed by atoms with van der Waals surface area (Å²) in [4.78, 5) is 23.8. The number of primary amides is 1. The largest absolute Gasteiger partial charge is 0.368 e. The molecule has 6 heteroatoms. The first-order valence-electron chi connectivity index (χ1n) is 6.00. The Bertz CT molecular complexity index is 275. The van der Waals surface area contributed by atoms with Crippen LogP contribution in [0.4, 0.5) is 0 Å². The third-order valence-electron chi connectivity index (χ3n) is 3.17. The third-order valence-corrected chi connectivity index (χ3v) is 3.17. The first-order chi connectivity index (χ1) is 7.99. The van der Waals surface area contributed by atoms with E-state index in [1.165, 1.54) is 6.92 Å². The fourth-order valence-electron chi connectivity index (χ4n) is 2.03. The molecule has 1 heterocycles. The Morgan fingerprint density at radius 3 is 2.47 bits per heavy atom. The van der Waals surface area contributed by atoms with Crippen LogP contribution in [0.1, 0.15) is 19.8 Å². The maximum absolute atomic E-state index is 10.8. The van der Waals surface area contributed by atoms with Gasteiger partial charge in [0.25, 0.3) is 0 Å². The molecule has 0 aliphatic carbocycles. The van der Waals surface area contributed by atoms with Gasteiger partial charge in [-0.05, 0) is 31.8 Å². The summed E-state index contributed by atoms with van der Waals surface area (Å²) in [5.41, 5.74) is 10.7. The van der Waals surface area contributed by atoms with Crippen LogP contribution in [0, 0.1) is 5.92 Å². The number of likely N-dealkylation sites (tertiary alicyclic amines) is 1. The van der Waals surface area contributed by atoms with Gasteiger partial charge in [-0.2, -0.15) is 0 Å². The van der Waals surface area contributed by atoms with Crippen LogP contribution in [-0.2, 0) is 9.59 Å². The summed E-state index contributed by atoms with van der Waals surface area (Å²) in [5, 5.41) is 2.83. The number of piperidine rings is 1. The van der Waals surface area contributed by atoms with Crippen molar-refractivity contribution in [2.75, 3.05) is 26.2 Å². The maximum Gasteiger partial charge on any atom is 0.235 e. The molecule has 1 aliphatic rings. The summed E-state index contributed by atoms with van der Waals surface area (Å²) in [6.45, 7) is 4.62. The molecule has 6 nitrogen and oxygen atoms in total.